The van der Waals surface area contributed by atoms with Gasteiger partial charge in [0.25, 0.3) is 0 Å². The van der Waals surface area contributed by atoms with Gasteiger partial charge in [0.15, 0.2) is 0 Å². The Morgan fingerprint density at radius 1 is 1.04 bits per heavy atom. The first-order chi connectivity index (χ1) is 12.6. The summed E-state index contributed by atoms with van der Waals surface area (Å²) in [6.07, 6.45) is 0. The summed E-state index contributed by atoms with van der Waals surface area (Å²) in [6, 6.07) is 15.8. The molecule has 6 nitrogen and oxygen atoms in total. The lowest BCUT2D eigenvalue weighted by atomic mass is 10.2. The maximum Gasteiger partial charge on any atom is 0.321 e. The number of ether oxygens (including phenoxy) is 1. The minimum absolute atomic E-state index is 0.0482. The molecule has 2 aromatic rings. The normalized spacial score (nSPS) is 14.1. The molecule has 0 spiro atoms. The average Bonchev–Trinajstić information content (AvgIpc) is 2.68. The van der Waals surface area contributed by atoms with E-state index >= 15 is 0 Å². The molecule has 2 aromatic carbocycles. The number of hydrogen-bond acceptors (Lipinski definition) is 4. The second kappa shape index (κ2) is 7.99. The van der Waals surface area contributed by atoms with Crippen LogP contribution in [0.2, 0.25) is 0 Å². The van der Waals surface area contributed by atoms with E-state index in [4.69, 9.17) is 4.74 Å². The lowest BCUT2D eigenvalue weighted by Gasteiger charge is -2.36. The zero-order valence-corrected chi connectivity index (χ0v) is 15.6. The first kappa shape index (κ1) is 17.9. The quantitative estimate of drug-likeness (QED) is 0.916. The molecule has 26 heavy (non-hydrogen) atoms. The van der Waals surface area contributed by atoms with Gasteiger partial charge in [0.1, 0.15) is 5.75 Å². The summed E-state index contributed by atoms with van der Waals surface area (Å²) >= 11 is 0. The van der Waals surface area contributed by atoms with Gasteiger partial charge in [0, 0.05) is 63.4 Å². The first-order valence-electron chi connectivity index (χ1n) is 8.79. The molecule has 2 amide bonds. The van der Waals surface area contributed by atoms with Crippen molar-refractivity contribution in [3.05, 3.63) is 48.5 Å². The number of piperazine rings is 1. The third-order valence-electron chi connectivity index (χ3n) is 4.62. The first-order valence-corrected chi connectivity index (χ1v) is 8.79. The van der Waals surface area contributed by atoms with E-state index in [2.05, 4.69) is 16.3 Å². The molecule has 0 atom stereocenters. The summed E-state index contributed by atoms with van der Waals surface area (Å²) < 4.78 is 5.29. The van der Waals surface area contributed by atoms with Crippen molar-refractivity contribution in [2.24, 2.45) is 0 Å². The van der Waals surface area contributed by atoms with Crippen LogP contribution in [-0.4, -0.2) is 58.3 Å². The van der Waals surface area contributed by atoms with Crippen molar-refractivity contribution in [1.29, 1.82) is 0 Å². The van der Waals surface area contributed by atoms with Gasteiger partial charge in [0.2, 0.25) is 0 Å². The Morgan fingerprint density at radius 3 is 2.35 bits per heavy atom. The molecule has 138 valence electrons. The summed E-state index contributed by atoms with van der Waals surface area (Å²) in [5, 5.41) is 2.98. The van der Waals surface area contributed by atoms with E-state index in [-0.39, 0.29) is 6.03 Å². The van der Waals surface area contributed by atoms with E-state index in [1.807, 2.05) is 66.4 Å². The Kier molecular flexibility index (Phi) is 5.51. The van der Waals surface area contributed by atoms with Gasteiger partial charge in [-0.3, -0.25) is 0 Å². The van der Waals surface area contributed by atoms with Gasteiger partial charge in [0.05, 0.1) is 7.11 Å². The Morgan fingerprint density at radius 2 is 1.73 bits per heavy atom. The molecule has 1 N–H and O–H groups in total. The number of hydrogen-bond donors (Lipinski definition) is 1. The van der Waals surface area contributed by atoms with Crippen molar-refractivity contribution in [1.82, 2.24) is 4.90 Å². The van der Waals surface area contributed by atoms with Crippen LogP contribution < -0.4 is 19.9 Å². The topological polar surface area (TPSA) is 48.1 Å². The maximum atomic E-state index is 12.5. The lowest BCUT2D eigenvalue weighted by molar-refractivity contribution is 0.208. The second-order valence-corrected chi connectivity index (χ2v) is 6.55. The number of amides is 2. The third-order valence-corrected chi connectivity index (χ3v) is 4.62. The third kappa shape index (κ3) is 4.20. The van der Waals surface area contributed by atoms with Crippen molar-refractivity contribution in [3.63, 3.8) is 0 Å². The fourth-order valence-corrected chi connectivity index (χ4v) is 3.02. The molecule has 0 unspecified atom stereocenters. The molecule has 0 saturated carbocycles. The van der Waals surface area contributed by atoms with Crippen LogP contribution in [0.3, 0.4) is 0 Å². The molecule has 1 aliphatic heterocycles. The molecule has 6 heteroatoms. The fourth-order valence-electron chi connectivity index (χ4n) is 3.02. The highest BCUT2D eigenvalue weighted by Gasteiger charge is 2.21. The number of anilines is 3. The van der Waals surface area contributed by atoms with Crippen molar-refractivity contribution in [2.75, 3.05) is 62.5 Å². The Balaban J connectivity index is 1.54. The van der Waals surface area contributed by atoms with E-state index < -0.39 is 0 Å². The molecule has 1 aliphatic rings. The summed E-state index contributed by atoms with van der Waals surface area (Å²) in [4.78, 5) is 18.7. The van der Waals surface area contributed by atoms with E-state index in [9.17, 15) is 4.79 Å². The van der Waals surface area contributed by atoms with Crippen LogP contribution >= 0.6 is 0 Å². The van der Waals surface area contributed by atoms with Crippen molar-refractivity contribution in [2.45, 2.75) is 0 Å². The van der Waals surface area contributed by atoms with E-state index in [1.165, 1.54) is 0 Å². The van der Waals surface area contributed by atoms with Gasteiger partial charge >= 0.3 is 6.03 Å². The largest absolute Gasteiger partial charge is 0.497 e. The molecular weight excluding hydrogens is 328 g/mol. The van der Waals surface area contributed by atoms with Crippen LogP contribution in [0.5, 0.6) is 5.75 Å². The minimum atomic E-state index is -0.0482. The SMILES string of the molecule is COc1cccc(N2CCN(C(=O)Nc3ccc(N(C)C)cc3)CC2)c1. The Hall–Kier alpha value is -2.89. The zero-order chi connectivity index (χ0) is 18.5. The summed E-state index contributed by atoms with van der Waals surface area (Å²) in [7, 11) is 5.66. The van der Waals surface area contributed by atoms with Gasteiger partial charge in [-0.05, 0) is 36.4 Å². The average molecular weight is 354 g/mol. The highest BCUT2D eigenvalue weighted by molar-refractivity contribution is 5.89. The summed E-state index contributed by atoms with van der Waals surface area (Å²) in [5.74, 6) is 0.851. The van der Waals surface area contributed by atoms with Gasteiger partial charge < -0.3 is 24.8 Å². The van der Waals surface area contributed by atoms with Crippen molar-refractivity contribution < 1.29 is 9.53 Å². The van der Waals surface area contributed by atoms with Crippen molar-refractivity contribution >= 4 is 23.1 Å². The van der Waals surface area contributed by atoms with Gasteiger partial charge in [-0.1, -0.05) is 6.07 Å². The Labute approximate surface area is 155 Å². The predicted molar refractivity (Wildman–Crippen MR) is 107 cm³/mol. The van der Waals surface area contributed by atoms with Gasteiger partial charge in [-0.15, -0.1) is 0 Å². The van der Waals surface area contributed by atoms with E-state index in [1.54, 1.807) is 7.11 Å². The van der Waals surface area contributed by atoms with Gasteiger partial charge in [-0.2, -0.15) is 0 Å². The van der Waals surface area contributed by atoms with Gasteiger partial charge in [-0.25, -0.2) is 4.79 Å². The van der Waals surface area contributed by atoms with Crippen LogP contribution in [0, 0.1) is 0 Å². The van der Waals surface area contributed by atoms with Crippen LogP contribution in [0.25, 0.3) is 0 Å². The van der Waals surface area contributed by atoms with Crippen LogP contribution in [0.1, 0.15) is 0 Å². The fraction of sp³-hybridized carbons (Fsp3) is 0.350. The number of carbonyl (C=O) groups is 1. The zero-order valence-electron chi connectivity index (χ0n) is 15.6. The standard InChI is InChI=1S/C20H26N4O2/c1-22(2)17-9-7-16(8-10-17)21-20(25)24-13-11-23(12-14-24)18-5-4-6-19(15-18)26-3/h4-10,15H,11-14H2,1-3H3,(H,21,25). The monoisotopic (exact) mass is 354 g/mol. The smallest absolute Gasteiger partial charge is 0.321 e. The van der Waals surface area contributed by atoms with E-state index in [0.29, 0.717) is 13.1 Å². The number of methoxy groups -OCH3 is 1. The molecule has 0 radical (unpaired) electrons. The van der Waals surface area contributed by atoms with Crippen LogP contribution in [0.15, 0.2) is 48.5 Å². The molecule has 3 rings (SSSR count). The molecule has 1 heterocycles. The van der Waals surface area contributed by atoms with Crippen molar-refractivity contribution in [3.8, 4) is 5.75 Å². The molecule has 0 aliphatic carbocycles. The number of nitrogens with zero attached hydrogens (tertiary/aromatic N) is 3. The number of rotatable bonds is 4. The number of benzene rings is 2. The summed E-state index contributed by atoms with van der Waals surface area (Å²) in [6.45, 7) is 3.00. The molecule has 0 aromatic heterocycles. The molecular formula is C20H26N4O2. The maximum absolute atomic E-state index is 12.5. The highest BCUT2D eigenvalue weighted by atomic mass is 16.5. The van der Waals surface area contributed by atoms with E-state index in [0.717, 1.165) is 35.9 Å². The molecule has 1 fully saturated rings. The lowest BCUT2D eigenvalue weighted by Crippen LogP contribution is -2.50. The number of nitrogens with one attached hydrogen (secondary N) is 1. The highest BCUT2D eigenvalue weighted by Crippen LogP contribution is 2.22. The molecule has 0 bridgehead atoms. The second-order valence-electron chi connectivity index (χ2n) is 6.55. The Bertz CT molecular complexity index is 738. The predicted octanol–water partition coefficient (Wildman–Crippen LogP) is 3.12. The summed E-state index contributed by atoms with van der Waals surface area (Å²) in [5.41, 5.74) is 3.05. The van der Waals surface area contributed by atoms with Crippen LogP contribution in [0.4, 0.5) is 21.9 Å². The number of carbonyl (C=O) groups excluding carboxylic acids is 1. The van der Waals surface area contributed by atoms with Crippen LogP contribution in [-0.2, 0) is 0 Å². The number of urea groups is 1. The minimum Gasteiger partial charge on any atom is -0.497 e. The molecule has 1 saturated heterocycles.